The third-order valence-electron chi connectivity index (χ3n) is 14.0. The van der Waals surface area contributed by atoms with E-state index in [1.54, 1.807) is 0 Å². The molecule has 0 heterocycles. The highest BCUT2D eigenvalue weighted by atomic mass is 31.2. The summed E-state index contributed by atoms with van der Waals surface area (Å²) in [5.41, 5.74) is 5.40. The van der Waals surface area contributed by atoms with Gasteiger partial charge >= 0.3 is 19.8 Å². The molecule has 2 atom stereocenters. The van der Waals surface area contributed by atoms with Gasteiger partial charge in [-0.3, -0.25) is 18.6 Å². The van der Waals surface area contributed by atoms with E-state index in [-0.39, 0.29) is 38.6 Å². The first-order valence-electron chi connectivity index (χ1n) is 32.7. The van der Waals surface area contributed by atoms with Crippen LogP contribution in [-0.2, 0) is 32.7 Å². The van der Waals surface area contributed by atoms with Gasteiger partial charge in [0.1, 0.15) is 6.61 Å². The Kier molecular flexibility index (Phi) is 61.6. The predicted octanol–water partition coefficient (Wildman–Crippen LogP) is 21.2. The first kappa shape index (κ1) is 75.9. The van der Waals surface area contributed by atoms with Crippen LogP contribution >= 0.6 is 7.82 Å². The van der Waals surface area contributed by atoms with Crippen molar-refractivity contribution in [2.24, 2.45) is 5.73 Å². The van der Waals surface area contributed by atoms with E-state index in [1.165, 1.54) is 180 Å². The highest BCUT2D eigenvalue weighted by molar-refractivity contribution is 7.47. The zero-order chi connectivity index (χ0) is 57.3. The molecule has 2 unspecified atom stereocenters. The van der Waals surface area contributed by atoms with E-state index in [1.807, 2.05) is 0 Å². The van der Waals surface area contributed by atoms with Crippen molar-refractivity contribution in [1.82, 2.24) is 0 Å². The maximum atomic E-state index is 12.7. The minimum Gasteiger partial charge on any atom is -0.462 e. The molecule has 456 valence electrons. The number of phosphoric ester groups is 1. The summed E-state index contributed by atoms with van der Waals surface area (Å²) in [4.78, 5) is 35.3. The summed E-state index contributed by atoms with van der Waals surface area (Å²) in [5.74, 6) is -0.823. The summed E-state index contributed by atoms with van der Waals surface area (Å²) in [5, 5.41) is 0. The monoisotopic (exact) mass is 1120 g/mol. The van der Waals surface area contributed by atoms with Crippen molar-refractivity contribution in [2.45, 2.75) is 302 Å². The van der Waals surface area contributed by atoms with Crippen LogP contribution < -0.4 is 5.73 Å². The lowest BCUT2D eigenvalue weighted by Gasteiger charge is -2.19. The minimum absolute atomic E-state index is 0.0507. The maximum Gasteiger partial charge on any atom is 0.472 e. The van der Waals surface area contributed by atoms with Gasteiger partial charge in [-0.15, -0.1) is 0 Å². The van der Waals surface area contributed by atoms with Gasteiger partial charge < -0.3 is 20.1 Å². The number of carbonyl (C=O) groups excluding carboxylic acids is 2. The molecule has 0 rings (SSSR count). The summed E-state index contributed by atoms with van der Waals surface area (Å²) >= 11 is 0. The molecule has 0 aliphatic rings. The van der Waals surface area contributed by atoms with Gasteiger partial charge in [-0.25, -0.2) is 4.57 Å². The number of unbranched alkanes of at least 4 members (excludes halogenated alkanes) is 32. The highest BCUT2D eigenvalue weighted by Gasteiger charge is 2.26. The van der Waals surface area contributed by atoms with Gasteiger partial charge in [0.15, 0.2) is 6.10 Å². The Morgan fingerprint density at radius 1 is 0.392 bits per heavy atom. The summed E-state index contributed by atoms with van der Waals surface area (Å²) in [6.07, 6.45) is 86.2. The summed E-state index contributed by atoms with van der Waals surface area (Å²) < 4.78 is 33.1. The second-order valence-electron chi connectivity index (χ2n) is 21.6. The van der Waals surface area contributed by atoms with Crippen molar-refractivity contribution < 1.29 is 37.6 Å². The lowest BCUT2D eigenvalue weighted by molar-refractivity contribution is -0.161. The molecule has 79 heavy (non-hydrogen) atoms. The average Bonchev–Trinajstić information content (AvgIpc) is 3.44. The Hall–Kier alpha value is -3.07. The van der Waals surface area contributed by atoms with Crippen molar-refractivity contribution in [2.75, 3.05) is 26.4 Å². The third kappa shape index (κ3) is 64.0. The van der Waals surface area contributed by atoms with Crippen molar-refractivity contribution in [3.63, 3.8) is 0 Å². The average molecular weight is 1120 g/mol. The maximum absolute atomic E-state index is 12.7. The number of hydrogen-bond acceptors (Lipinski definition) is 8. The molecule has 0 aromatic rings. The Morgan fingerprint density at radius 2 is 0.696 bits per heavy atom. The zero-order valence-electron chi connectivity index (χ0n) is 51.1. The number of esters is 2. The number of rotatable bonds is 61. The topological polar surface area (TPSA) is 134 Å². The highest BCUT2D eigenvalue weighted by Crippen LogP contribution is 2.43. The van der Waals surface area contributed by atoms with E-state index in [4.69, 9.17) is 24.3 Å². The normalized spacial score (nSPS) is 13.6. The molecule has 10 heteroatoms. The number of ether oxygens (including phenoxy) is 2. The molecule has 0 amide bonds. The van der Waals surface area contributed by atoms with Crippen molar-refractivity contribution in [1.29, 1.82) is 0 Å². The SMILES string of the molecule is CC/C=C\C/C=C\C/C=C\C/C=C\C/C=C\C/C=C\CCCCCCCCCCCCCCCCC(=O)OC(COC(=O)CCCCCCCCCCCCCCC/C=C\C/C=C\CCCCCCC)COP(=O)(O)OCCN. The number of phosphoric acid groups is 1. The second kappa shape index (κ2) is 64.1. The van der Waals surface area contributed by atoms with E-state index in [0.29, 0.717) is 6.42 Å². The van der Waals surface area contributed by atoms with Crippen LogP contribution in [0.3, 0.4) is 0 Å². The number of nitrogens with two attached hydrogens (primary N) is 1. The number of allylic oxidation sites excluding steroid dienone is 16. The lowest BCUT2D eigenvalue weighted by Crippen LogP contribution is -2.29. The fourth-order valence-corrected chi connectivity index (χ4v) is 9.91. The summed E-state index contributed by atoms with van der Waals surface area (Å²) in [7, 11) is -4.40. The summed E-state index contributed by atoms with van der Waals surface area (Å²) in [6.45, 7) is 3.65. The van der Waals surface area contributed by atoms with Gasteiger partial charge in [-0.05, 0) is 96.3 Å². The van der Waals surface area contributed by atoms with Crippen LogP contribution in [0.4, 0.5) is 0 Å². The Labute approximate surface area is 486 Å². The predicted molar refractivity (Wildman–Crippen MR) is 339 cm³/mol. The van der Waals surface area contributed by atoms with Crippen molar-refractivity contribution in [3.05, 3.63) is 97.2 Å². The van der Waals surface area contributed by atoms with Crippen molar-refractivity contribution in [3.8, 4) is 0 Å². The Bertz CT molecular complexity index is 1610. The van der Waals surface area contributed by atoms with Crippen LogP contribution in [0.5, 0.6) is 0 Å². The molecule has 0 saturated carbocycles. The first-order chi connectivity index (χ1) is 38.8. The molecule has 0 aromatic heterocycles. The van der Waals surface area contributed by atoms with Gasteiger partial charge in [0, 0.05) is 19.4 Å². The van der Waals surface area contributed by atoms with Crippen LogP contribution in [0.25, 0.3) is 0 Å². The van der Waals surface area contributed by atoms with Gasteiger partial charge in [0.05, 0.1) is 13.2 Å². The molecular formula is C69H122NO8P. The molecule has 0 spiro atoms. The molecule has 0 aliphatic carbocycles. The van der Waals surface area contributed by atoms with Gasteiger partial charge in [-0.1, -0.05) is 284 Å². The molecule has 0 aliphatic heterocycles. The van der Waals surface area contributed by atoms with Crippen LogP contribution in [0.15, 0.2) is 97.2 Å². The molecule has 0 aromatic carbocycles. The van der Waals surface area contributed by atoms with Gasteiger partial charge in [0.2, 0.25) is 0 Å². The van der Waals surface area contributed by atoms with E-state index in [9.17, 15) is 19.0 Å². The minimum atomic E-state index is -4.40. The Balaban J connectivity index is 3.92. The van der Waals surface area contributed by atoms with Crippen LogP contribution in [0.1, 0.15) is 296 Å². The van der Waals surface area contributed by atoms with Crippen LogP contribution in [0, 0.1) is 0 Å². The molecule has 0 radical (unpaired) electrons. The van der Waals surface area contributed by atoms with Gasteiger partial charge in [0.25, 0.3) is 0 Å². The molecule has 3 N–H and O–H groups in total. The van der Waals surface area contributed by atoms with E-state index in [0.717, 1.165) is 83.5 Å². The van der Waals surface area contributed by atoms with E-state index < -0.39 is 26.5 Å². The van der Waals surface area contributed by atoms with Crippen LogP contribution in [-0.4, -0.2) is 49.3 Å². The number of carbonyl (C=O) groups is 2. The largest absolute Gasteiger partial charge is 0.472 e. The van der Waals surface area contributed by atoms with Gasteiger partial charge in [-0.2, -0.15) is 0 Å². The summed E-state index contributed by atoms with van der Waals surface area (Å²) in [6, 6.07) is 0. The second-order valence-corrected chi connectivity index (χ2v) is 23.1. The van der Waals surface area contributed by atoms with E-state index in [2.05, 4.69) is 111 Å². The smallest absolute Gasteiger partial charge is 0.462 e. The molecule has 0 fully saturated rings. The molecular weight excluding hydrogens is 1000 g/mol. The third-order valence-corrected chi connectivity index (χ3v) is 14.9. The lowest BCUT2D eigenvalue weighted by atomic mass is 10.0. The first-order valence-corrected chi connectivity index (χ1v) is 34.2. The fourth-order valence-electron chi connectivity index (χ4n) is 9.14. The van der Waals surface area contributed by atoms with Crippen LogP contribution in [0.2, 0.25) is 0 Å². The quantitative estimate of drug-likeness (QED) is 0.0264. The fraction of sp³-hybridized carbons (Fsp3) is 0.739. The Morgan fingerprint density at radius 3 is 1.04 bits per heavy atom. The van der Waals surface area contributed by atoms with E-state index >= 15 is 0 Å². The molecule has 9 nitrogen and oxygen atoms in total. The molecule has 0 bridgehead atoms. The zero-order valence-corrected chi connectivity index (χ0v) is 52.0. The van der Waals surface area contributed by atoms with Crippen molar-refractivity contribution >= 4 is 19.8 Å². The number of hydrogen-bond donors (Lipinski definition) is 2. The molecule has 0 saturated heterocycles. The standard InChI is InChI=1S/C69H122NO8P/c1-3-5-7-9-11-13-15-17-19-21-23-25-27-29-30-31-32-33-34-35-36-38-40-42-44-46-48-50-52-54-56-58-60-62-69(72)78-67(66-77-79(73,74)76-64-63-70)65-75-68(71)61-59-57-55-53-51-49-47-45-43-41-39-37-28-26-24-22-20-18-16-14-12-10-8-6-4-2/h5,7,11,13,16-19,22-25,29-30,32-33,67H,3-4,6,8-10,12,14-15,20-21,26-28,31,34-66,70H2,1-2H3,(H,73,74)/b7-5-,13-11-,18-16-,19-17-,24-22-,25-23-,30-29-,33-32-.